The van der Waals surface area contributed by atoms with Crippen LogP contribution in [-0.2, 0) is 7.05 Å². The summed E-state index contributed by atoms with van der Waals surface area (Å²) in [6.45, 7) is 1.67. The Bertz CT molecular complexity index is 692. The number of hydrogen-bond donors (Lipinski definition) is 1. The summed E-state index contributed by atoms with van der Waals surface area (Å²) in [5.41, 5.74) is 0.504. The molecule has 3 radical (unpaired) electrons. The average molecular weight is 312 g/mol. The van der Waals surface area contributed by atoms with Crippen LogP contribution in [0.1, 0.15) is 21.6 Å². The predicted octanol–water partition coefficient (Wildman–Crippen LogP) is 2.18. The van der Waals surface area contributed by atoms with Crippen molar-refractivity contribution >= 4 is 46.3 Å². The van der Waals surface area contributed by atoms with Gasteiger partial charge < -0.3 is 0 Å². The zero-order valence-corrected chi connectivity index (χ0v) is 13.0. The van der Waals surface area contributed by atoms with Gasteiger partial charge in [0.1, 0.15) is 5.56 Å². The van der Waals surface area contributed by atoms with Gasteiger partial charge in [0.15, 0.2) is 0 Å². The average Bonchev–Trinajstić information content (AvgIpc) is 2.52. The number of aryl methyl sites for hydroxylation is 2. The Hall–Kier alpha value is -0.988. The first kappa shape index (κ1) is 16.1. The standard InChI is InChI=1S/C12H10Cl2N2O2.Al/c1-6-10(12(18)16(2)15-6)11(17)8-4-3-7(13)5-9(8)14;/h3-5,15H,1-2H3;. The van der Waals surface area contributed by atoms with E-state index in [9.17, 15) is 9.59 Å². The summed E-state index contributed by atoms with van der Waals surface area (Å²) in [6, 6.07) is 4.55. The Morgan fingerprint density at radius 1 is 1.32 bits per heavy atom. The van der Waals surface area contributed by atoms with Gasteiger partial charge in [-0.15, -0.1) is 0 Å². The molecule has 0 unspecified atom stereocenters. The van der Waals surface area contributed by atoms with Crippen molar-refractivity contribution in [2.45, 2.75) is 6.92 Å². The molecule has 0 aliphatic rings. The van der Waals surface area contributed by atoms with Crippen molar-refractivity contribution in [1.82, 2.24) is 9.78 Å². The predicted molar refractivity (Wildman–Crippen MR) is 76.4 cm³/mol. The van der Waals surface area contributed by atoms with Crippen molar-refractivity contribution in [3.05, 3.63) is 55.4 Å². The molecule has 0 bridgehead atoms. The molecule has 0 spiro atoms. The van der Waals surface area contributed by atoms with E-state index in [1.807, 2.05) is 0 Å². The van der Waals surface area contributed by atoms with E-state index in [-0.39, 0.29) is 39.1 Å². The number of nitrogens with one attached hydrogen (secondary N) is 1. The van der Waals surface area contributed by atoms with Crippen molar-refractivity contribution in [3.63, 3.8) is 0 Å². The molecule has 1 heterocycles. The SMILES string of the molecule is Cc1[nH]n(C)c(=O)c1C(=O)c1ccc(Cl)cc1Cl.[Al]. The van der Waals surface area contributed by atoms with E-state index in [4.69, 9.17) is 23.2 Å². The second-order valence-corrected chi connectivity index (χ2v) is 4.77. The van der Waals surface area contributed by atoms with Crippen LogP contribution >= 0.6 is 23.2 Å². The van der Waals surface area contributed by atoms with Gasteiger partial charge in [-0.1, -0.05) is 23.2 Å². The van der Waals surface area contributed by atoms with Crippen molar-refractivity contribution in [2.75, 3.05) is 0 Å². The minimum Gasteiger partial charge on any atom is -0.299 e. The van der Waals surface area contributed by atoms with E-state index in [0.29, 0.717) is 10.7 Å². The smallest absolute Gasteiger partial charge is 0.277 e. The molecular weight excluding hydrogens is 302 g/mol. The van der Waals surface area contributed by atoms with Crippen molar-refractivity contribution in [1.29, 1.82) is 0 Å². The number of rotatable bonds is 2. The fraction of sp³-hybridized carbons (Fsp3) is 0.167. The number of aromatic nitrogens is 2. The molecule has 1 aromatic carbocycles. The first-order valence-electron chi connectivity index (χ1n) is 5.17. The lowest BCUT2D eigenvalue weighted by molar-refractivity contribution is 0.103. The van der Waals surface area contributed by atoms with Gasteiger partial charge in [-0.2, -0.15) is 0 Å². The monoisotopic (exact) mass is 311 g/mol. The summed E-state index contributed by atoms with van der Waals surface area (Å²) in [4.78, 5) is 24.1. The summed E-state index contributed by atoms with van der Waals surface area (Å²) >= 11 is 11.7. The molecule has 0 fully saturated rings. The highest BCUT2D eigenvalue weighted by Gasteiger charge is 2.21. The van der Waals surface area contributed by atoms with E-state index in [0.717, 1.165) is 0 Å². The lowest BCUT2D eigenvalue weighted by Crippen LogP contribution is -2.19. The number of H-pyrrole nitrogens is 1. The number of carbonyl (C=O) groups is 1. The van der Waals surface area contributed by atoms with Crippen LogP contribution in [0.4, 0.5) is 0 Å². The fourth-order valence-corrected chi connectivity index (χ4v) is 2.26. The third kappa shape index (κ3) is 2.96. The maximum atomic E-state index is 12.3. The first-order valence-corrected chi connectivity index (χ1v) is 5.92. The normalized spacial score (nSPS) is 10.1. The van der Waals surface area contributed by atoms with Crippen LogP contribution in [0.15, 0.2) is 23.0 Å². The van der Waals surface area contributed by atoms with Crippen LogP contribution in [0, 0.1) is 6.92 Å². The van der Waals surface area contributed by atoms with Crippen LogP contribution in [-0.4, -0.2) is 32.9 Å². The van der Waals surface area contributed by atoms with Crippen molar-refractivity contribution < 1.29 is 4.79 Å². The zero-order valence-electron chi connectivity index (χ0n) is 10.3. The third-order valence-corrected chi connectivity index (χ3v) is 3.18. The molecule has 1 aromatic heterocycles. The third-order valence-electron chi connectivity index (χ3n) is 2.63. The fourth-order valence-electron chi connectivity index (χ4n) is 1.76. The van der Waals surface area contributed by atoms with Gasteiger partial charge in [0.25, 0.3) is 5.56 Å². The van der Waals surface area contributed by atoms with Crippen molar-refractivity contribution in [3.8, 4) is 0 Å². The van der Waals surface area contributed by atoms with Gasteiger partial charge in [0.05, 0.1) is 5.02 Å². The van der Waals surface area contributed by atoms with E-state index in [1.165, 1.54) is 16.8 Å². The highest BCUT2D eigenvalue weighted by Crippen LogP contribution is 2.23. The number of nitrogens with zero attached hydrogens (tertiary/aromatic N) is 1. The van der Waals surface area contributed by atoms with Gasteiger partial charge in [-0.25, -0.2) is 0 Å². The minimum atomic E-state index is -0.406. The number of carbonyl (C=O) groups excluding carboxylic acids is 1. The molecule has 0 atom stereocenters. The second kappa shape index (κ2) is 5.98. The van der Waals surface area contributed by atoms with Crippen LogP contribution in [0.2, 0.25) is 10.0 Å². The van der Waals surface area contributed by atoms with Crippen LogP contribution in [0.3, 0.4) is 0 Å². The summed E-state index contributed by atoms with van der Waals surface area (Å²) in [5, 5.41) is 3.44. The van der Waals surface area contributed by atoms with Gasteiger partial charge in [-0.05, 0) is 25.1 Å². The minimum absolute atomic E-state index is 0. The summed E-state index contributed by atoms with van der Waals surface area (Å²) in [7, 11) is 1.55. The summed E-state index contributed by atoms with van der Waals surface area (Å²) in [5.74, 6) is -0.406. The molecule has 7 heteroatoms. The Balaban J connectivity index is 0.00000180. The molecule has 0 saturated heterocycles. The maximum absolute atomic E-state index is 12.3. The Morgan fingerprint density at radius 3 is 2.42 bits per heavy atom. The lowest BCUT2D eigenvalue weighted by Gasteiger charge is -2.02. The molecule has 1 N–H and O–H groups in total. The molecule has 0 aliphatic heterocycles. The highest BCUT2D eigenvalue weighted by molar-refractivity contribution is 6.37. The molecule has 0 saturated carbocycles. The number of benzene rings is 1. The maximum Gasteiger partial charge on any atom is 0.277 e. The molecule has 4 nitrogen and oxygen atoms in total. The Labute approximate surface area is 130 Å². The van der Waals surface area contributed by atoms with E-state index in [2.05, 4.69) is 5.10 Å². The molecule has 19 heavy (non-hydrogen) atoms. The molecule has 97 valence electrons. The molecule has 2 aromatic rings. The number of aromatic amines is 1. The second-order valence-electron chi connectivity index (χ2n) is 3.93. The summed E-state index contributed by atoms with van der Waals surface area (Å²) in [6.07, 6.45) is 0. The number of halogens is 2. The topological polar surface area (TPSA) is 54.9 Å². The van der Waals surface area contributed by atoms with Gasteiger partial charge in [-0.3, -0.25) is 19.4 Å². The van der Waals surface area contributed by atoms with Gasteiger partial charge >= 0.3 is 0 Å². The number of ketones is 1. The zero-order chi connectivity index (χ0) is 13.4. The summed E-state index contributed by atoms with van der Waals surface area (Å²) < 4.78 is 1.26. The Morgan fingerprint density at radius 2 is 1.95 bits per heavy atom. The highest BCUT2D eigenvalue weighted by atomic mass is 35.5. The molecule has 0 aliphatic carbocycles. The molecule has 0 amide bonds. The van der Waals surface area contributed by atoms with E-state index >= 15 is 0 Å². The largest absolute Gasteiger partial charge is 0.299 e. The van der Waals surface area contributed by atoms with E-state index < -0.39 is 5.78 Å². The van der Waals surface area contributed by atoms with Gasteiger partial charge in [0, 0.05) is 40.7 Å². The van der Waals surface area contributed by atoms with Crippen LogP contribution < -0.4 is 5.56 Å². The van der Waals surface area contributed by atoms with Crippen LogP contribution in [0.5, 0.6) is 0 Å². The van der Waals surface area contributed by atoms with Crippen LogP contribution in [0.25, 0.3) is 0 Å². The molecular formula is C12H10AlCl2N2O2. The van der Waals surface area contributed by atoms with Crippen molar-refractivity contribution in [2.24, 2.45) is 7.05 Å². The number of hydrogen-bond acceptors (Lipinski definition) is 2. The van der Waals surface area contributed by atoms with E-state index in [1.54, 1.807) is 20.0 Å². The lowest BCUT2D eigenvalue weighted by atomic mass is 10.0. The first-order chi connectivity index (χ1) is 8.41. The Kier molecular flexibility index (Phi) is 5.06. The quantitative estimate of drug-likeness (QED) is 0.682. The van der Waals surface area contributed by atoms with Gasteiger partial charge in [0.2, 0.25) is 5.78 Å². The molecule has 2 rings (SSSR count).